The normalized spacial score (nSPS) is 10.4. The second kappa shape index (κ2) is 5.08. The Morgan fingerprint density at radius 2 is 1.78 bits per heavy atom. The molecule has 1 amide bonds. The molecule has 2 aromatic carbocycles. The summed E-state index contributed by atoms with van der Waals surface area (Å²) >= 11 is 0. The van der Waals surface area contributed by atoms with Crippen molar-refractivity contribution in [2.24, 2.45) is 0 Å². The molecule has 18 heavy (non-hydrogen) atoms. The number of carbonyl (C=O) groups excluding carboxylic acids is 1. The predicted octanol–water partition coefficient (Wildman–Crippen LogP) is 2.94. The Balaban J connectivity index is 2.61. The van der Waals surface area contributed by atoms with Crippen LogP contribution in [0.3, 0.4) is 0 Å². The van der Waals surface area contributed by atoms with E-state index in [1.165, 1.54) is 0 Å². The summed E-state index contributed by atoms with van der Waals surface area (Å²) in [4.78, 5) is 13.7. The highest BCUT2D eigenvalue weighted by Crippen LogP contribution is 2.27. The monoisotopic (exact) mass is 243 g/mol. The minimum Gasteiger partial charge on any atom is -0.493 e. The van der Waals surface area contributed by atoms with Gasteiger partial charge in [-0.15, -0.1) is 0 Å². The molecular formula is C15H17NO2. The summed E-state index contributed by atoms with van der Waals surface area (Å²) in [7, 11) is 3.49. The number of rotatable bonds is 3. The lowest BCUT2D eigenvalue weighted by molar-refractivity contribution is 0.0823. The molecule has 0 fully saturated rings. The van der Waals surface area contributed by atoms with E-state index in [-0.39, 0.29) is 5.91 Å². The van der Waals surface area contributed by atoms with E-state index in [4.69, 9.17) is 4.74 Å². The fourth-order valence-corrected chi connectivity index (χ4v) is 1.90. The van der Waals surface area contributed by atoms with Crippen molar-refractivity contribution in [2.45, 2.75) is 6.92 Å². The molecule has 0 aromatic heterocycles. The van der Waals surface area contributed by atoms with E-state index >= 15 is 0 Å². The zero-order chi connectivity index (χ0) is 13.1. The van der Waals surface area contributed by atoms with Gasteiger partial charge in [0.2, 0.25) is 0 Å². The number of ether oxygens (including phenoxy) is 1. The SMILES string of the molecule is CCOc1cc2ccccc2cc1C(=O)N(C)C. The van der Waals surface area contributed by atoms with Crippen molar-refractivity contribution in [2.75, 3.05) is 20.7 Å². The van der Waals surface area contributed by atoms with E-state index < -0.39 is 0 Å². The molecule has 0 saturated carbocycles. The van der Waals surface area contributed by atoms with Crippen molar-refractivity contribution < 1.29 is 9.53 Å². The molecule has 0 aliphatic rings. The Kier molecular flexibility index (Phi) is 3.51. The third-order valence-electron chi connectivity index (χ3n) is 2.78. The van der Waals surface area contributed by atoms with Crippen LogP contribution in [-0.4, -0.2) is 31.5 Å². The van der Waals surface area contributed by atoms with Crippen molar-refractivity contribution in [3.8, 4) is 5.75 Å². The second-order valence-electron chi connectivity index (χ2n) is 4.33. The van der Waals surface area contributed by atoms with Crippen LogP contribution in [0.2, 0.25) is 0 Å². The van der Waals surface area contributed by atoms with Gasteiger partial charge in [-0.2, -0.15) is 0 Å². The number of nitrogens with zero attached hydrogens (tertiary/aromatic N) is 1. The van der Waals surface area contributed by atoms with Crippen LogP contribution in [0, 0.1) is 0 Å². The molecule has 0 aliphatic heterocycles. The highest BCUT2D eigenvalue weighted by atomic mass is 16.5. The predicted molar refractivity (Wildman–Crippen MR) is 73.1 cm³/mol. The van der Waals surface area contributed by atoms with Crippen molar-refractivity contribution in [3.63, 3.8) is 0 Å². The average Bonchev–Trinajstić information content (AvgIpc) is 2.37. The zero-order valence-electron chi connectivity index (χ0n) is 10.9. The molecule has 0 radical (unpaired) electrons. The van der Waals surface area contributed by atoms with Crippen molar-refractivity contribution in [3.05, 3.63) is 42.0 Å². The Hall–Kier alpha value is -2.03. The average molecular weight is 243 g/mol. The van der Waals surface area contributed by atoms with Gasteiger partial charge in [0, 0.05) is 14.1 Å². The highest BCUT2D eigenvalue weighted by Gasteiger charge is 2.15. The van der Waals surface area contributed by atoms with Crippen LogP contribution < -0.4 is 4.74 Å². The first-order valence-corrected chi connectivity index (χ1v) is 6.00. The summed E-state index contributed by atoms with van der Waals surface area (Å²) in [5.74, 6) is 0.610. The first kappa shape index (κ1) is 12.4. The van der Waals surface area contributed by atoms with Gasteiger partial charge in [0.15, 0.2) is 0 Å². The fraction of sp³-hybridized carbons (Fsp3) is 0.267. The number of carbonyl (C=O) groups is 1. The molecule has 3 heteroatoms. The lowest BCUT2D eigenvalue weighted by Gasteiger charge is -2.15. The molecule has 0 atom stereocenters. The summed E-state index contributed by atoms with van der Waals surface area (Å²) in [6, 6.07) is 11.8. The van der Waals surface area contributed by atoms with Crippen LogP contribution in [0.4, 0.5) is 0 Å². The van der Waals surface area contributed by atoms with Gasteiger partial charge in [-0.25, -0.2) is 0 Å². The number of hydrogen-bond donors (Lipinski definition) is 0. The molecule has 0 unspecified atom stereocenters. The van der Waals surface area contributed by atoms with E-state index in [9.17, 15) is 4.79 Å². The van der Waals surface area contributed by atoms with E-state index in [2.05, 4.69) is 0 Å². The molecule has 3 nitrogen and oxygen atoms in total. The Morgan fingerprint density at radius 1 is 1.17 bits per heavy atom. The lowest BCUT2D eigenvalue weighted by Crippen LogP contribution is -2.22. The lowest BCUT2D eigenvalue weighted by atomic mass is 10.1. The van der Waals surface area contributed by atoms with Crippen LogP contribution in [0.25, 0.3) is 10.8 Å². The van der Waals surface area contributed by atoms with E-state index in [0.717, 1.165) is 10.8 Å². The molecule has 2 rings (SSSR count). The maximum atomic E-state index is 12.1. The van der Waals surface area contributed by atoms with Crippen LogP contribution in [0.15, 0.2) is 36.4 Å². The first-order chi connectivity index (χ1) is 8.63. The van der Waals surface area contributed by atoms with Gasteiger partial charge in [0.1, 0.15) is 5.75 Å². The van der Waals surface area contributed by atoms with E-state index in [0.29, 0.717) is 17.9 Å². The molecular weight excluding hydrogens is 226 g/mol. The molecule has 0 aliphatic carbocycles. The van der Waals surface area contributed by atoms with Crippen molar-refractivity contribution in [1.82, 2.24) is 4.90 Å². The Labute approximate surface area is 107 Å². The third-order valence-corrected chi connectivity index (χ3v) is 2.78. The Bertz CT molecular complexity index is 576. The minimum atomic E-state index is -0.0378. The van der Waals surface area contributed by atoms with Gasteiger partial charge in [-0.3, -0.25) is 4.79 Å². The smallest absolute Gasteiger partial charge is 0.257 e. The summed E-state index contributed by atoms with van der Waals surface area (Å²) in [6.07, 6.45) is 0. The number of fused-ring (bicyclic) bond motifs is 1. The molecule has 0 saturated heterocycles. The van der Waals surface area contributed by atoms with Crippen LogP contribution in [-0.2, 0) is 0 Å². The van der Waals surface area contributed by atoms with Gasteiger partial charge < -0.3 is 9.64 Å². The van der Waals surface area contributed by atoms with Crippen LogP contribution in [0.1, 0.15) is 17.3 Å². The van der Waals surface area contributed by atoms with Gasteiger partial charge in [0.25, 0.3) is 5.91 Å². The van der Waals surface area contributed by atoms with Crippen LogP contribution >= 0.6 is 0 Å². The maximum Gasteiger partial charge on any atom is 0.257 e. The van der Waals surface area contributed by atoms with E-state index in [1.807, 2.05) is 43.3 Å². The summed E-state index contributed by atoms with van der Waals surface area (Å²) < 4.78 is 5.57. The first-order valence-electron chi connectivity index (χ1n) is 6.00. The largest absolute Gasteiger partial charge is 0.493 e. The number of benzene rings is 2. The number of amides is 1. The number of hydrogen-bond acceptors (Lipinski definition) is 2. The summed E-state index contributed by atoms with van der Waals surface area (Å²) in [5.41, 5.74) is 0.612. The topological polar surface area (TPSA) is 29.5 Å². The molecule has 0 N–H and O–H groups in total. The maximum absolute atomic E-state index is 12.1. The Morgan fingerprint density at radius 3 is 2.33 bits per heavy atom. The second-order valence-corrected chi connectivity index (χ2v) is 4.33. The fourth-order valence-electron chi connectivity index (χ4n) is 1.90. The van der Waals surface area contributed by atoms with Crippen molar-refractivity contribution in [1.29, 1.82) is 0 Å². The van der Waals surface area contributed by atoms with E-state index in [1.54, 1.807) is 19.0 Å². The summed E-state index contributed by atoms with van der Waals surface area (Å²) in [5, 5.41) is 2.13. The minimum absolute atomic E-state index is 0.0378. The van der Waals surface area contributed by atoms with Crippen molar-refractivity contribution >= 4 is 16.7 Å². The highest BCUT2D eigenvalue weighted by molar-refractivity contribution is 6.01. The third kappa shape index (κ3) is 2.30. The van der Waals surface area contributed by atoms with Gasteiger partial charge in [-0.1, -0.05) is 24.3 Å². The standard InChI is InChI=1S/C15H17NO2/c1-4-18-14-10-12-8-6-5-7-11(12)9-13(14)15(17)16(2)3/h5-10H,4H2,1-3H3. The van der Waals surface area contributed by atoms with Gasteiger partial charge in [0.05, 0.1) is 12.2 Å². The van der Waals surface area contributed by atoms with Gasteiger partial charge in [-0.05, 0) is 29.8 Å². The molecule has 0 bridgehead atoms. The quantitative estimate of drug-likeness (QED) is 0.829. The zero-order valence-corrected chi connectivity index (χ0v) is 10.9. The molecule has 2 aromatic rings. The van der Waals surface area contributed by atoms with Crippen LogP contribution in [0.5, 0.6) is 5.75 Å². The molecule has 94 valence electrons. The molecule has 0 heterocycles. The summed E-state index contributed by atoms with van der Waals surface area (Å²) in [6.45, 7) is 2.46. The van der Waals surface area contributed by atoms with Gasteiger partial charge >= 0.3 is 0 Å². The molecule has 0 spiro atoms.